The summed E-state index contributed by atoms with van der Waals surface area (Å²) >= 11 is 1.27. The van der Waals surface area contributed by atoms with Crippen LogP contribution in [0.1, 0.15) is 31.1 Å². The van der Waals surface area contributed by atoms with Crippen molar-refractivity contribution in [1.29, 1.82) is 0 Å². The molecule has 28 heavy (non-hydrogen) atoms. The number of amides is 2. The van der Waals surface area contributed by atoms with Crippen molar-refractivity contribution in [2.75, 3.05) is 29.5 Å². The van der Waals surface area contributed by atoms with Gasteiger partial charge in [-0.25, -0.2) is 0 Å². The molecule has 1 fully saturated rings. The highest BCUT2D eigenvalue weighted by Gasteiger charge is 2.17. The van der Waals surface area contributed by atoms with Crippen LogP contribution in [-0.4, -0.2) is 46.0 Å². The average molecular weight is 403 g/mol. The maximum absolute atomic E-state index is 12.2. The lowest BCUT2D eigenvalue weighted by molar-refractivity contribution is -0.115. The van der Waals surface area contributed by atoms with Crippen LogP contribution in [0.4, 0.5) is 11.5 Å². The molecule has 3 rings (SSSR count). The van der Waals surface area contributed by atoms with Gasteiger partial charge in [-0.2, -0.15) is 0 Å². The van der Waals surface area contributed by atoms with Gasteiger partial charge in [0.25, 0.3) is 0 Å². The molecule has 0 bridgehead atoms. The number of hydrogen-bond donors (Lipinski definition) is 2. The summed E-state index contributed by atoms with van der Waals surface area (Å²) < 4.78 is 4.92. The zero-order valence-corrected chi connectivity index (χ0v) is 17.1. The van der Waals surface area contributed by atoms with Gasteiger partial charge in [-0.15, -0.1) is 11.8 Å². The van der Waals surface area contributed by atoms with Crippen molar-refractivity contribution in [2.45, 2.75) is 38.5 Å². The van der Waals surface area contributed by atoms with E-state index >= 15 is 0 Å². The zero-order chi connectivity index (χ0) is 19.9. The average Bonchev–Trinajstić information content (AvgIpc) is 3.33. The minimum Gasteiger partial charge on any atom is -0.360 e. The van der Waals surface area contributed by atoms with E-state index in [1.165, 1.54) is 30.2 Å². The number of aromatic nitrogens is 1. The SMILES string of the molecule is Cc1cc(NC(=O)[C@@H](C)SCC(=O)Nc2ccc(CN3CCCC3)cc2)no1. The maximum Gasteiger partial charge on any atom is 0.238 e. The minimum atomic E-state index is -0.384. The Bertz CT molecular complexity index is 800. The Morgan fingerprint density at radius 3 is 2.57 bits per heavy atom. The van der Waals surface area contributed by atoms with Crippen molar-refractivity contribution in [3.05, 3.63) is 41.7 Å². The number of benzene rings is 1. The molecule has 1 aromatic carbocycles. The van der Waals surface area contributed by atoms with Crippen LogP contribution in [-0.2, 0) is 16.1 Å². The number of carbonyl (C=O) groups excluding carboxylic acids is 2. The first kappa shape index (κ1) is 20.4. The van der Waals surface area contributed by atoms with Crippen LogP contribution in [0, 0.1) is 6.92 Å². The van der Waals surface area contributed by atoms with E-state index in [-0.39, 0.29) is 22.8 Å². The lowest BCUT2D eigenvalue weighted by Gasteiger charge is -2.15. The lowest BCUT2D eigenvalue weighted by Crippen LogP contribution is -2.25. The summed E-state index contributed by atoms with van der Waals surface area (Å²) in [5.41, 5.74) is 2.02. The highest BCUT2D eigenvalue weighted by atomic mass is 32.2. The van der Waals surface area contributed by atoms with Crippen LogP contribution in [0.2, 0.25) is 0 Å². The summed E-state index contributed by atoms with van der Waals surface area (Å²) in [6, 6.07) is 9.61. The van der Waals surface area contributed by atoms with Crippen molar-refractivity contribution < 1.29 is 14.1 Å². The lowest BCUT2D eigenvalue weighted by atomic mass is 10.2. The number of carbonyl (C=O) groups is 2. The van der Waals surface area contributed by atoms with E-state index in [1.54, 1.807) is 19.9 Å². The number of aryl methyl sites for hydroxylation is 1. The smallest absolute Gasteiger partial charge is 0.238 e. The molecule has 8 heteroatoms. The van der Waals surface area contributed by atoms with Crippen molar-refractivity contribution in [2.24, 2.45) is 0 Å². The molecule has 0 spiro atoms. The second kappa shape index (κ2) is 9.75. The van der Waals surface area contributed by atoms with Crippen molar-refractivity contribution in [3.63, 3.8) is 0 Å². The van der Waals surface area contributed by atoms with Crippen LogP contribution >= 0.6 is 11.8 Å². The van der Waals surface area contributed by atoms with E-state index < -0.39 is 0 Å². The molecule has 1 aliphatic rings. The van der Waals surface area contributed by atoms with Crippen LogP contribution < -0.4 is 10.6 Å². The van der Waals surface area contributed by atoms with Gasteiger partial charge in [0.1, 0.15) is 5.76 Å². The highest BCUT2D eigenvalue weighted by Crippen LogP contribution is 2.17. The minimum absolute atomic E-state index is 0.130. The van der Waals surface area contributed by atoms with Gasteiger partial charge in [0.15, 0.2) is 5.82 Å². The monoisotopic (exact) mass is 402 g/mol. The molecular weight excluding hydrogens is 376 g/mol. The first-order chi connectivity index (χ1) is 13.5. The van der Waals surface area contributed by atoms with E-state index in [0.29, 0.717) is 11.6 Å². The van der Waals surface area contributed by atoms with Gasteiger partial charge in [-0.05, 0) is 57.5 Å². The number of thioether (sulfide) groups is 1. The maximum atomic E-state index is 12.2. The van der Waals surface area contributed by atoms with Crippen molar-refractivity contribution >= 4 is 35.1 Å². The Labute approximate surface area is 169 Å². The zero-order valence-electron chi connectivity index (χ0n) is 16.2. The molecule has 0 radical (unpaired) electrons. The molecule has 7 nitrogen and oxygen atoms in total. The predicted molar refractivity (Wildman–Crippen MR) is 111 cm³/mol. The number of anilines is 2. The molecule has 150 valence electrons. The summed E-state index contributed by atoms with van der Waals surface area (Å²) in [4.78, 5) is 26.7. The standard InChI is InChI=1S/C20H26N4O3S/c1-14-11-18(23-27-14)22-20(26)15(2)28-13-19(25)21-17-7-5-16(6-8-17)12-24-9-3-4-10-24/h5-8,11,15H,3-4,9-10,12-13H2,1-2H3,(H,21,25)(H,22,23,26)/t15-/m1/s1. The summed E-state index contributed by atoms with van der Waals surface area (Å²) in [5.74, 6) is 0.864. The van der Waals surface area contributed by atoms with E-state index in [0.717, 1.165) is 25.3 Å². The van der Waals surface area contributed by atoms with Crippen molar-refractivity contribution in [1.82, 2.24) is 10.1 Å². The largest absolute Gasteiger partial charge is 0.360 e. The molecule has 1 atom stereocenters. The van der Waals surface area contributed by atoms with Gasteiger partial charge in [-0.3, -0.25) is 14.5 Å². The van der Waals surface area contributed by atoms with Gasteiger partial charge in [-0.1, -0.05) is 17.3 Å². The van der Waals surface area contributed by atoms with E-state index in [9.17, 15) is 9.59 Å². The van der Waals surface area contributed by atoms with Crippen LogP contribution in [0.15, 0.2) is 34.9 Å². The molecule has 0 aliphatic carbocycles. The van der Waals surface area contributed by atoms with Crippen LogP contribution in [0.5, 0.6) is 0 Å². The third-order valence-electron chi connectivity index (χ3n) is 4.56. The van der Waals surface area contributed by atoms with Gasteiger partial charge in [0.2, 0.25) is 11.8 Å². The Morgan fingerprint density at radius 1 is 1.21 bits per heavy atom. The molecular formula is C20H26N4O3S. The molecule has 2 aromatic rings. The molecule has 2 heterocycles. The number of nitrogens with zero attached hydrogens (tertiary/aromatic N) is 2. The van der Waals surface area contributed by atoms with Crippen LogP contribution in [0.25, 0.3) is 0 Å². The highest BCUT2D eigenvalue weighted by molar-refractivity contribution is 8.01. The fourth-order valence-corrected chi connectivity index (χ4v) is 3.70. The fraction of sp³-hybridized carbons (Fsp3) is 0.450. The number of likely N-dealkylation sites (tertiary alicyclic amines) is 1. The van der Waals surface area contributed by atoms with Gasteiger partial charge >= 0.3 is 0 Å². The summed E-state index contributed by atoms with van der Waals surface area (Å²) in [6.45, 7) is 6.80. The molecule has 1 aliphatic heterocycles. The Morgan fingerprint density at radius 2 is 1.93 bits per heavy atom. The van der Waals surface area contributed by atoms with E-state index in [2.05, 4.69) is 32.8 Å². The van der Waals surface area contributed by atoms with Gasteiger partial charge < -0.3 is 15.2 Å². The van der Waals surface area contributed by atoms with E-state index in [1.807, 2.05) is 12.1 Å². The number of rotatable bonds is 8. The summed E-state index contributed by atoms with van der Waals surface area (Å²) in [6.07, 6.45) is 2.56. The number of nitrogens with one attached hydrogen (secondary N) is 2. The van der Waals surface area contributed by atoms with E-state index in [4.69, 9.17) is 4.52 Å². The van der Waals surface area contributed by atoms with Crippen molar-refractivity contribution in [3.8, 4) is 0 Å². The summed E-state index contributed by atoms with van der Waals surface area (Å²) in [7, 11) is 0. The molecule has 0 unspecified atom stereocenters. The first-order valence-corrected chi connectivity index (χ1v) is 10.5. The molecule has 2 amide bonds. The second-order valence-electron chi connectivity index (χ2n) is 6.99. The van der Waals surface area contributed by atoms with Gasteiger partial charge in [0, 0.05) is 18.3 Å². The first-order valence-electron chi connectivity index (χ1n) is 9.46. The Kier molecular flexibility index (Phi) is 7.11. The quantitative estimate of drug-likeness (QED) is 0.705. The molecule has 1 aromatic heterocycles. The summed E-state index contributed by atoms with van der Waals surface area (Å²) in [5, 5.41) is 8.90. The molecule has 1 saturated heterocycles. The normalized spacial score (nSPS) is 15.4. The molecule has 0 saturated carbocycles. The Balaban J connectivity index is 1.40. The topological polar surface area (TPSA) is 87.5 Å². The molecule has 2 N–H and O–H groups in total. The third kappa shape index (κ3) is 6.10. The second-order valence-corrected chi connectivity index (χ2v) is 8.32. The predicted octanol–water partition coefficient (Wildman–Crippen LogP) is 3.28. The van der Waals surface area contributed by atoms with Gasteiger partial charge in [0.05, 0.1) is 11.0 Å². The van der Waals surface area contributed by atoms with Crippen LogP contribution in [0.3, 0.4) is 0 Å². The Hall–Kier alpha value is -2.32. The number of hydrogen-bond acceptors (Lipinski definition) is 6. The third-order valence-corrected chi connectivity index (χ3v) is 5.70. The fourth-order valence-electron chi connectivity index (χ4n) is 3.02.